The van der Waals surface area contributed by atoms with Gasteiger partial charge in [0.05, 0.1) is 11.5 Å². The van der Waals surface area contributed by atoms with Crippen LogP contribution in [-0.2, 0) is 0 Å². The van der Waals surface area contributed by atoms with Gasteiger partial charge in [0.1, 0.15) is 0 Å². The van der Waals surface area contributed by atoms with Crippen molar-refractivity contribution in [2.24, 2.45) is 11.3 Å². The van der Waals surface area contributed by atoms with Gasteiger partial charge in [-0.3, -0.25) is 0 Å². The third kappa shape index (κ3) is 2.03. The Morgan fingerprint density at radius 1 is 1.54 bits per heavy atom. The molecule has 1 aliphatic heterocycles. The zero-order valence-corrected chi connectivity index (χ0v) is 8.42. The maximum absolute atomic E-state index is 8.99. The van der Waals surface area contributed by atoms with Crippen LogP contribution in [-0.4, -0.2) is 25.0 Å². The van der Waals surface area contributed by atoms with Gasteiger partial charge in [-0.25, -0.2) is 0 Å². The summed E-state index contributed by atoms with van der Waals surface area (Å²) >= 11 is 0. The highest BCUT2D eigenvalue weighted by atomic mass is 15.1. The second kappa shape index (κ2) is 3.31. The fraction of sp³-hybridized carbons (Fsp3) is 0.909. The second-order valence-corrected chi connectivity index (χ2v) is 4.87. The minimum Gasteiger partial charge on any atom is -0.306 e. The number of nitrogens with zero attached hydrogens (tertiary/aromatic N) is 2. The van der Waals surface area contributed by atoms with Crippen molar-refractivity contribution in [2.45, 2.75) is 32.1 Å². The molecular weight excluding hydrogens is 160 g/mol. The first-order valence-electron chi connectivity index (χ1n) is 5.34. The minimum atomic E-state index is 0.114. The lowest BCUT2D eigenvalue weighted by atomic mass is 9.87. The monoisotopic (exact) mass is 178 g/mol. The van der Waals surface area contributed by atoms with E-state index in [2.05, 4.69) is 18.0 Å². The summed E-state index contributed by atoms with van der Waals surface area (Å²) in [4.78, 5) is 2.40. The quantitative estimate of drug-likeness (QED) is 0.647. The van der Waals surface area contributed by atoms with E-state index >= 15 is 0 Å². The fourth-order valence-corrected chi connectivity index (χ4v) is 2.50. The van der Waals surface area contributed by atoms with E-state index in [-0.39, 0.29) is 5.41 Å². The Morgan fingerprint density at radius 3 is 2.85 bits per heavy atom. The largest absolute Gasteiger partial charge is 0.306 e. The molecule has 0 radical (unpaired) electrons. The highest BCUT2D eigenvalue weighted by Crippen LogP contribution is 2.50. The van der Waals surface area contributed by atoms with Gasteiger partial charge < -0.3 is 4.90 Å². The molecule has 0 spiro atoms. The predicted octanol–water partition coefficient (Wildman–Crippen LogP) is 2.02. The number of rotatable bonds is 2. The van der Waals surface area contributed by atoms with Crippen molar-refractivity contribution in [1.29, 1.82) is 5.26 Å². The molecule has 1 aliphatic carbocycles. The van der Waals surface area contributed by atoms with Crippen molar-refractivity contribution in [3.63, 3.8) is 0 Å². The third-order valence-corrected chi connectivity index (χ3v) is 3.49. The molecule has 2 rings (SSSR count). The van der Waals surface area contributed by atoms with E-state index < -0.39 is 0 Å². The van der Waals surface area contributed by atoms with Crippen molar-refractivity contribution >= 4 is 0 Å². The van der Waals surface area contributed by atoms with Crippen LogP contribution in [0.3, 0.4) is 0 Å². The van der Waals surface area contributed by atoms with Gasteiger partial charge in [-0.2, -0.15) is 5.26 Å². The summed E-state index contributed by atoms with van der Waals surface area (Å²) < 4.78 is 0. The summed E-state index contributed by atoms with van der Waals surface area (Å²) in [5.41, 5.74) is 0.114. The Morgan fingerprint density at radius 2 is 2.31 bits per heavy atom. The SMILES string of the molecule is CN1CCCC(CC2(C#N)CC2)C1. The molecule has 0 aromatic heterocycles. The van der Waals surface area contributed by atoms with Crippen molar-refractivity contribution in [2.75, 3.05) is 20.1 Å². The highest BCUT2D eigenvalue weighted by molar-refractivity contribution is 5.10. The molecule has 0 aromatic rings. The number of likely N-dealkylation sites (tertiary alicyclic amines) is 1. The first-order valence-corrected chi connectivity index (χ1v) is 5.34. The number of nitriles is 1. The van der Waals surface area contributed by atoms with E-state index in [4.69, 9.17) is 5.26 Å². The first-order chi connectivity index (χ1) is 6.24. The molecule has 2 aliphatic rings. The Labute approximate surface area is 80.5 Å². The van der Waals surface area contributed by atoms with Crippen LogP contribution >= 0.6 is 0 Å². The maximum atomic E-state index is 8.99. The van der Waals surface area contributed by atoms with Crippen LogP contribution in [0.2, 0.25) is 0 Å². The lowest BCUT2D eigenvalue weighted by Gasteiger charge is -2.30. The summed E-state index contributed by atoms with van der Waals surface area (Å²) in [6, 6.07) is 2.50. The molecule has 1 saturated heterocycles. The number of hydrogen-bond acceptors (Lipinski definition) is 2. The Bertz CT molecular complexity index is 225. The molecule has 1 saturated carbocycles. The van der Waals surface area contributed by atoms with Crippen molar-refractivity contribution in [3.8, 4) is 6.07 Å². The third-order valence-electron chi connectivity index (χ3n) is 3.49. The van der Waals surface area contributed by atoms with Crippen LogP contribution in [0.1, 0.15) is 32.1 Å². The van der Waals surface area contributed by atoms with Crippen molar-refractivity contribution in [1.82, 2.24) is 4.90 Å². The molecular formula is C11H18N2. The molecule has 0 amide bonds. The Hall–Kier alpha value is -0.550. The Balaban J connectivity index is 1.85. The number of hydrogen-bond donors (Lipinski definition) is 0. The first kappa shape index (κ1) is 9.02. The van der Waals surface area contributed by atoms with E-state index in [1.165, 1.54) is 25.9 Å². The van der Waals surface area contributed by atoms with E-state index in [9.17, 15) is 0 Å². The van der Waals surface area contributed by atoms with Crippen LogP contribution in [0, 0.1) is 22.7 Å². The highest BCUT2D eigenvalue weighted by Gasteiger charge is 2.44. The molecule has 2 nitrogen and oxygen atoms in total. The molecule has 1 heterocycles. The lowest BCUT2D eigenvalue weighted by Crippen LogP contribution is -2.33. The summed E-state index contributed by atoms with van der Waals surface area (Å²) in [6.07, 6.45) is 6.14. The average Bonchev–Trinajstić information content (AvgIpc) is 2.86. The molecule has 2 fully saturated rings. The van der Waals surface area contributed by atoms with Gasteiger partial charge in [0.25, 0.3) is 0 Å². The van der Waals surface area contributed by atoms with Gasteiger partial charge in [0.15, 0.2) is 0 Å². The van der Waals surface area contributed by atoms with E-state index in [1.807, 2.05) is 0 Å². The lowest BCUT2D eigenvalue weighted by molar-refractivity contribution is 0.189. The predicted molar refractivity (Wildman–Crippen MR) is 52.1 cm³/mol. The van der Waals surface area contributed by atoms with Gasteiger partial charge in [-0.15, -0.1) is 0 Å². The van der Waals surface area contributed by atoms with Crippen LogP contribution in [0.25, 0.3) is 0 Å². The van der Waals surface area contributed by atoms with Crippen LogP contribution < -0.4 is 0 Å². The zero-order chi connectivity index (χ0) is 9.31. The zero-order valence-electron chi connectivity index (χ0n) is 8.42. The molecule has 13 heavy (non-hydrogen) atoms. The van der Waals surface area contributed by atoms with E-state index in [0.717, 1.165) is 25.2 Å². The fourth-order valence-electron chi connectivity index (χ4n) is 2.50. The second-order valence-electron chi connectivity index (χ2n) is 4.87. The maximum Gasteiger partial charge on any atom is 0.0689 e. The molecule has 1 atom stereocenters. The van der Waals surface area contributed by atoms with Gasteiger partial charge in [-0.1, -0.05) is 0 Å². The van der Waals surface area contributed by atoms with Gasteiger partial charge in [0.2, 0.25) is 0 Å². The van der Waals surface area contributed by atoms with Crippen LogP contribution in [0.5, 0.6) is 0 Å². The van der Waals surface area contributed by atoms with E-state index in [1.54, 1.807) is 0 Å². The van der Waals surface area contributed by atoms with E-state index in [0.29, 0.717) is 0 Å². The van der Waals surface area contributed by atoms with Gasteiger partial charge >= 0.3 is 0 Å². The smallest absolute Gasteiger partial charge is 0.0689 e. The molecule has 0 aromatic carbocycles. The van der Waals surface area contributed by atoms with Gasteiger partial charge in [0, 0.05) is 6.54 Å². The Kier molecular flexibility index (Phi) is 2.29. The van der Waals surface area contributed by atoms with Crippen molar-refractivity contribution < 1.29 is 0 Å². The summed E-state index contributed by atoms with van der Waals surface area (Å²) in [5, 5.41) is 8.99. The molecule has 72 valence electrons. The minimum absolute atomic E-state index is 0.114. The van der Waals surface area contributed by atoms with Crippen LogP contribution in [0.4, 0.5) is 0 Å². The molecule has 0 bridgehead atoms. The normalized spacial score (nSPS) is 32.5. The standard InChI is InChI=1S/C11H18N2/c1-13-6-2-3-10(8-13)7-11(9-12)4-5-11/h10H,2-8H2,1H3. The summed E-state index contributed by atoms with van der Waals surface area (Å²) in [5.74, 6) is 0.792. The summed E-state index contributed by atoms with van der Waals surface area (Å²) in [6.45, 7) is 2.46. The topological polar surface area (TPSA) is 27.0 Å². The summed E-state index contributed by atoms with van der Waals surface area (Å²) in [7, 11) is 2.19. The van der Waals surface area contributed by atoms with Crippen LogP contribution in [0.15, 0.2) is 0 Å². The molecule has 0 N–H and O–H groups in total. The average molecular weight is 178 g/mol. The molecule has 1 unspecified atom stereocenters. The molecule has 2 heteroatoms. The van der Waals surface area contributed by atoms with Crippen molar-refractivity contribution in [3.05, 3.63) is 0 Å². The number of piperidine rings is 1. The van der Waals surface area contributed by atoms with Gasteiger partial charge in [-0.05, 0) is 51.6 Å².